The van der Waals surface area contributed by atoms with Crippen LogP contribution < -0.4 is 5.73 Å². The van der Waals surface area contributed by atoms with E-state index in [4.69, 9.17) is 5.73 Å². The van der Waals surface area contributed by atoms with Crippen LogP contribution in [-0.2, 0) is 0 Å². The molecule has 0 saturated carbocycles. The van der Waals surface area contributed by atoms with Crippen LogP contribution in [0.5, 0.6) is 0 Å². The number of hydrogen-bond donors (Lipinski definition) is 1. The van der Waals surface area contributed by atoms with Crippen molar-refractivity contribution in [3.63, 3.8) is 0 Å². The number of carbonyl (C=O) groups excluding carboxylic acids is 1. The van der Waals surface area contributed by atoms with Crippen molar-refractivity contribution in [3.05, 3.63) is 42.5 Å². The van der Waals surface area contributed by atoms with Gasteiger partial charge in [0.05, 0.1) is 5.69 Å². The lowest BCUT2D eigenvalue weighted by Gasteiger charge is -2.34. The SMILES string of the molecule is CC(N)C1CCCN(C(=O)c2cccc(-n3cncn3)c2)C1. The van der Waals surface area contributed by atoms with Crippen LogP contribution >= 0.6 is 0 Å². The van der Waals surface area contributed by atoms with Crippen LogP contribution in [0.1, 0.15) is 30.1 Å². The smallest absolute Gasteiger partial charge is 0.253 e. The Bertz CT molecular complexity index is 638. The average Bonchev–Trinajstić information content (AvgIpc) is 3.09. The summed E-state index contributed by atoms with van der Waals surface area (Å²) in [4.78, 5) is 18.6. The monoisotopic (exact) mass is 299 g/mol. The number of piperidine rings is 1. The molecule has 3 rings (SSSR count). The highest BCUT2D eigenvalue weighted by Gasteiger charge is 2.26. The highest BCUT2D eigenvalue weighted by molar-refractivity contribution is 5.94. The van der Waals surface area contributed by atoms with E-state index in [9.17, 15) is 4.79 Å². The van der Waals surface area contributed by atoms with Crippen LogP contribution in [-0.4, -0.2) is 44.7 Å². The average molecular weight is 299 g/mol. The first-order valence-corrected chi connectivity index (χ1v) is 7.65. The minimum Gasteiger partial charge on any atom is -0.338 e. The molecule has 0 radical (unpaired) electrons. The van der Waals surface area contributed by atoms with Crippen molar-refractivity contribution in [1.29, 1.82) is 0 Å². The van der Waals surface area contributed by atoms with Gasteiger partial charge >= 0.3 is 0 Å². The maximum Gasteiger partial charge on any atom is 0.253 e. The van der Waals surface area contributed by atoms with E-state index < -0.39 is 0 Å². The van der Waals surface area contributed by atoms with E-state index in [-0.39, 0.29) is 11.9 Å². The van der Waals surface area contributed by atoms with Gasteiger partial charge in [0.15, 0.2) is 0 Å². The summed E-state index contributed by atoms with van der Waals surface area (Å²) in [7, 11) is 0. The number of carbonyl (C=O) groups is 1. The van der Waals surface area contributed by atoms with Gasteiger partial charge in [-0.15, -0.1) is 0 Å². The molecule has 2 aromatic rings. The second kappa shape index (κ2) is 6.27. The molecule has 0 aliphatic carbocycles. The molecule has 1 fully saturated rings. The number of amides is 1. The number of rotatable bonds is 3. The van der Waals surface area contributed by atoms with Gasteiger partial charge in [-0.1, -0.05) is 6.07 Å². The van der Waals surface area contributed by atoms with Gasteiger partial charge in [0.2, 0.25) is 0 Å². The van der Waals surface area contributed by atoms with Crippen molar-refractivity contribution < 1.29 is 4.79 Å². The minimum atomic E-state index is 0.0623. The number of benzene rings is 1. The fourth-order valence-corrected chi connectivity index (χ4v) is 2.93. The van der Waals surface area contributed by atoms with Crippen molar-refractivity contribution in [2.45, 2.75) is 25.8 Å². The summed E-state index contributed by atoms with van der Waals surface area (Å²) in [6.07, 6.45) is 5.21. The Kier molecular flexibility index (Phi) is 4.20. The van der Waals surface area contributed by atoms with Crippen LogP contribution in [0.4, 0.5) is 0 Å². The van der Waals surface area contributed by atoms with Crippen LogP contribution in [0.15, 0.2) is 36.9 Å². The lowest BCUT2D eigenvalue weighted by atomic mass is 9.92. The van der Waals surface area contributed by atoms with E-state index in [2.05, 4.69) is 10.1 Å². The summed E-state index contributed by atoms with van der Waals surface area (Å²) in [5.74, 6) is 0.448. The van der Waals surface area contributed by atoms with Crippen molar-refractivity contribution in [1.82, 2.24) is 19.7 Å². The van der Waals surface area contributed by atoms with Gasteiger partial charge in [-0.2, -0.15) is 5.10 Å². The van der Waals surface area contributed by atoms with Crippen molar-refractivity contribution in [2.75, 3.05) is 13.1 Å². The van der Waals surface area contributed by atoms with Crippen LogP contribution in [0.25, 0.3) is 5.69 Å². The molecule has 1 aromatic heterocycles. The molecule has 116 valence electrons. The van der Waals surface area contributed by atoms with Gasteiger partial charge in [0.25, 0.3) is 5.91 Å². The first-order valence-electron chi connectivity index (χ1n) is 7.65. The number of nitrogens with zero attached hydrogens (tertiary/aromatic N) is 4. The van der Waals surface area contributed by atoms with Crippen LogP contribution in [0.3, 0.4) is 0 Å². The Morgan fingerprint density at radius 1 is 1.45 bits per heavy atom. The molecular formula is C16H21N5O. The molecule has 2 heterocycles. The second-order valence-corrected chi connectivity index (χ2v) is 5.90. The lowest BCUT2D eigenvalue weighted by molar-refractivity contribution is 0.0661. The van der Waals surface area contributed by atoms with Gasteiger partial charge in [0.1, 0.15) is 12.7 Å². The maximum absolute atomic E-state index is 12.7. The maximum atomic E-state index is 12.7. The molecule has 2 N–H and O–H groups in total. The zero-order chi connectivity index (χ0) is 15.5. The minimum absolute atomic E-state index is 0.0623. The third kappa shape index (κ3) is 3.01. The summed E-state index contributed by atoms with van der Waals surface area (Å²) < 4.78 is 1.65. The fraction of sp³-hybridized carbons (Fsp3) is 0.438. The normalized spacial score (nSPS) is 19.9. The van der Waals surface area contributed by atoms with E-state index in [1.54, 1.807) is 11.0 Å². The van der Waals surface area contributed by atoms with Crippen molar-refractivity contribution in [3.8, 4) is 5.69 Å². The third-order valence-electron chi connectivity index (χ3n) is 4.27. The Hall–Kier alpha value is -2.21. The van der Waals surface area contributed by atoms with E-state index in [0.29, 0.717) is 11.5 Å². The number of hydrogen-bond acceptors (Lipinski definition) is 4. The number of aromatic nitrogens is 3. The molecule has 22 heavy (non-hydrogen) atoms. The van der Waals surface area contributed by atoms with Gasteiger partial charge < -0.3 is 10.6 Å². The number of likely N-dealkylation sites (tertiary alicyclic amines) is 1. The molecule has 6 nitrogen and oxygen atoms in total. The topological polar surface area (TPSA) is 77.0 Å². The zero-order valence-corrected chi connectivity index (χ0v) is 12.7. The van der Waals surface area contributed by atoms with E-state index in [1.807, 2.05) is 36.1 Å². The summed E-state index contributed by atoms with van der Waals surface area (Å²) in [6.45, 7) is 3.56. The molecule has 6 heteroatoms. The summed E-state index contributed by atoms with van der Waals surface area (Å²) in [5.41, 5.74) is 7.52. The second-order valence-electron chi connectivity index (χ2n) is 5.90. The fourth-order valence-electron chi connectivity index (χ4n) is 2.93. The first-order chi connectivity index (χ1) is 10.6. The Morgan fingerprint density at radius 3 is 3.05 bits per heavy atom. The Morgan fingerprint density at radius 2 is 2.32 bits per heavy atom. The number of nitrogens with two attached hydrogens (primary N) is 1. The van der Waals surface area contributed by atoms with Gasteiger partial charge in [-0.3, -0.25) is 4.79 Å². The summed E-state index contributed by atoms with van der Waals surface area (Å²) in [5, 5.41) is 4.10. The predicted octanol–water partition coefficient (Wildman–Crippen LogP) is 1.47. The third-order valence-corrected chi connectivity index (χ3v) is 4.27. The quantitative estimate of drug-likeness (QED) is 0.931. The van der Waals surface area contributed by atoms with E-state index >= 15 is 0 Å². The molecule has 0 spiro atoms. The molecule has 1 aliphatic heterocycles. The van der Waals surface area contributed by atoms with E-state index in [0.717, 1.165) is 31.6 Å². The molecule has 1 saturated heterocycles. The summed E-state index contributed by atoms with van der Waals surface area (Å²) >= 11 is 0. The van der Waals surface area contributed by atoms with Crippen molar-refractivity contribution in [2.24, 2.45) is 11.7 Å². The standard InChI is InChI=1S/C16H21N5O/c1-12(17)14-5-3-7-20(9-14)16(22)13-4-2-6-15(8-13)21-11-18-10-19-21/h2,4,6,8,10-12,14H,3,5,7,9,17H2,1H3. The predicted molar refractivity (Wildman–Crippen MR) is 83.6 cm³/mol. The highest BCUT2D eigenvalue weighted by Crippen LogP contribution is 2.21. The summed E-state index contributed by atoms with van der Waals surface area (Å²) in [6, 6.07) is 7.60. The first kappa shape index (κ1) is 14.7. The zero-order valence-electron chi connectivity index (χ0n) is 12.7. The van der Waals surface area contributed by atoms with Crippen LogP contribution in [0.2, 0.25) is 0 Å². The van der Waals surface area contributed by atoms with Gasteiger partial charge in [-0.25, -0.2) is 9.67 Å². The Balaban J connectivity index is 1.79. The highest BCUT2D eigenvalue weighted by atomic mass is 16.2. The van der Waals surface area contributed by atoms with Crippen LogP contribution in [0, 0.1) is 5.92 Å². The molecular weight excluding hydrogens is 278 g/mol. The molecule has 2 unspecified atom stereocenters. The van der Waals surface area contributed by atoms with Gasteiger partial charge in [0, 0.05) is 24.7 Å². The molecule has 2 atom stereocenters. The molecule has 1 aromatic carbocycles. The molecule has 1 aliphatic rings. The van der Waals surface area contributed by atoms with Gasteiger partial charge in [-0.05, 0) is 43.9 Å². The lowest BCUT2D eigenvalue weighted by Crippen LogP contribution is -2.45. The Labute approximate surface area is 129 Å². The van der Waals surface area contributed by atoms with E-state index in [1.165, 1.54) is 6.33 Å². The van der Waals surface area contributed by atoms with Crippen molar-refractivity contribution >= 4 is 5.91 Å². The molecule has 1 amide bonds. The molecule has 0 bridgehead atoms. The largest absolute Gasteiger partial charge is 0.338 e.